The van der Waals surface area contributed by atoms with Gasteiger partial charge in [-0.05, 0) is 53.5 Å². The Hall–Kier alpha value is -2.57. The van der Waals surface area contributed by atoms with Crippen LogP contribution in [0.2, 0.25) is 0 Å². The highest BCUT2D eigenvalue weighted by Crippen LogP contribution is 2.23. The monoisotopic (exact) mass is 433 g/mol. The largest absolute Gasteiger partial charge is 0.444 e. The summed E-state index contributed by atoms with van der Waals surface area (Å²) in [6.07, 6.45) is 2.04. The lowest BCUT2D eigenvalue weighted by Gasteiger charge is -2.32. The van der Waals surface area contributed by atoms with Gasteiger partial charge in [0, 0.05) is 12.6 Å². The molecule has 0 fully saturated rings. The molecule has 0 radical (unpaired) electrons. The molecule has 1 rings (SSSR count). The molecule has 0 aliphatic heterocycles. The number of nitrogens with one attached hydrogen (secondary N) is 2. The van der Waals surface area contributed by atoms with E-state index in [1.807, 2.05) is 45.0 Å². The second-order valence-electron chi connectivity index (χ2n) is 9.13. The summed E-state index contributed by atoms with van der Waals surface area (Å²) in [5.74, 6) is -0.563. The zero-order valence-electron chi connectivity index (χ0n) is 20.1. The third kappa shape index (κ3) is 9.85. The fourth-order valence-corrected chi connectivity index (χ4v) is 3.08. The third-order valence-corrected chi connectivity index (χ3v) is 4.49. The lowest BCUT2D eigenvalue weighted by molar-refractivity contribution is -0.140. The van der Waals surface area contributed by atoms with E-state index in [1.54, 1.807) is 25.7 Å². The van der Waals surface area contributed by atoms with Crippen LogP contribution in [0.25, 0.3) is 0 Å². The summed E-state index contributed by atoms with van der Waals surface area (Å²) in [5, 5.41) is 5.45. The predicted octanol–water partition coefficient (Wildman–Crippen LogP) is 4.10. The Labute approximate surface area is 186 Å². The molecule has 0 aliphatic carbocycles. The molecule has 1 atom stereocenters. The Balaban J connectivity index is 3.14. The highest BCUT2D eigenvalue weighted by molar-refractivity contribution is 5.90. The molecular weight excluding hydrogens is 394 g/mol. The number of alkyl carbamates (subject to hydrolysis) is 1. The van der Waals surface area contributed by atoms with Gasteiger partial charge in [0.2, 0.25) is 11.8 Å². The van der Waals surface area contributed by atoms with Crippen molar-refractivity contribution in [2.75, 3.05) is 13.1 Å². The number of hydrogen-bond acceptors (Lipinski definition) is 4. The molecule has 174 valence electrons. The molecule has 7 nitrogen and oxygen atoms in total. The Morgan fingerprint density at radius 2 is 1.68 bits per heavy atom. The minimum Gasteiger partial charge on any atom is -0.444 e. The van der Waals surface area contributed by atoms with E-state index >= 15 is 0 Å². The zero-order valence-corrected chi connectivity index (χ0v) is 20.1. The summed E-state index contributed by atoms with van der Waals surface area (Å²) >= 11 is 0. The van der Waals surface area contributed by atoms with Gasteiger partial charge in [0.15, 0.2) is 0 Å². The van der Waals surface area contributed by atoms with Gasteiger partial charge in [-0.15, -0.1) is 0 Å². The van der Waals surface area contributed by atoms with Crippen molar-refractivity contribution in [2.45, 2.75) is 85.4 Å². The number of aryl methyl sites for hydroxylation is 1. The number of ether oxygens (including phenoxy) is 1. The molecule has 2 N–H and O–H groups in total. The van der Waals surface area contributed by atoms with E-state index in [2.05, 4.69) is 17.6 Å². The fraction of sp³-hybridized carbons (Fsp3) is 0.625. The number of unbranched alkanes of at least 4 members (excludes halogenated alkanes) is 2. The zero-order chi connectivity index (χ0) is 23.6. The maximum Gasteiger partial charge on any atom is 0.408 e. The van der Waals surface area contributed by atoms with Crippen molar-refractivity contribution in [1.29, 1.82) is 0 Å². The number of nitrogens with zero attached hydrogens (tertiary/aromatic N) is 1. The van der Waals surface area contributed by atoms with Gasteiger partial charge in [-0.1, -0.05) is 49.6 Å². The number of carbonyl (C=O) groups excluding carboxylic acids is 3. The molecule has 3 amide bonds. The molecular formula is C24H39N3O4. The molecule has 1 aromatic rings. The second-order valence-corrected chi connectivity index (χ2v) is 9.13. The van der Waals surface area contributed by atoms with Crippen LogP contribution >= 0.6 is 0 Å². The Kier molecular flexibility index (Phi) is 10.5. The van der Waals surface area contributed by atoms with Crippen molar-refractivity contribution in [1.82, 2.24) is 15.5 Å². The molecule has 31 heavy (non-hydrogen) atoms. The maximum atomic E-state index is 13.2. The molecule has 0 spiro atoms. The third-order valence-electron chi connectivity index (χ3n) is 4.49. The van der Waals surface area contributed by atoms with Crippen molar-refractivity contribution in [3.8, 4) is 0 Å². The quantitative estimate of drug-likeness (QED) is 0.544. The van der Waals surface area contributed by atoms with Gasteiger partial charge in [0.05, 0.1) is 0 Å². The first-order valence-electron chi connectivity index (χ1n) is 11.1. The van der Waals surface area contributed by atoms with Crippen LogP contribution in [0, 0.1) is 6.92 Å². The predicted molar refractivity (Wildman–Crippen MR) is 123 cm³/mol. The maximum absolute atomic E-state index is 13.2. The van der Waals surface area contributed by atoms with Gasteiger partial charge in [-0.2, -0.15) is 0 Å². The minimum atomic E-state index is -0.771. The molecule has 0 aliphatic rings. The van der Waals surface area contributed by atoms with E-state index in [4.69, 9.17) is 4.74 Å². The lowest BCUT2D eigenvalue weighted by Crippen LogP contribution is -2.49. The van der Waals surface area contributed by atoms with E-state index < -0.39 is 17.7 Å². The van der Waals surface area contributed by atoms with Crippen molar-refractivity contribution < 1.29 is 19.1 Å². The summed E-state index contributed by atoms with van der Waals surface area (Å²) < 4.78 is 5.22. The number of benzene rings is 1. The second kappa shape index (κ2) is 12.3. The summed E-state index contributed by atoms with van der Waals surface area (Å²) in [6, 6.07) is 6.78. The van der Waals surface area contributed by atoms with Gasteiger partial charge in [0.1, 0.15) is 18.2 Å². The first-order chi connectivity index (χ1) is 14.4. The standard InChI is InChI=1S/C24H39N3O4/c1-8-9-10-15-27(20(28)16-25-23(30)31-24(5,6)7)21(22(29)26-17(2)3)19-13-11-18(4)12-14-19/h11-14,17,21H,8-10,15-16H2,1-7H3,(H,25,30)(H,26,29). The van der Waals surface area contributed by atoms with E-state index in [9.17, 15) is 14.4 Å². The highest BCUT2D eigenvalue weighted by Gasteiger charge is 2.31. The van der Waals surface area contributed by atoms with Gasteiger partial charge >= 0.3 is 6.09 Å². The topological polar surface area (TPSA) is 87.7 Å². The number of amides is 3. The first kappa shape index (κ1) is 26.5. The first-order valence-corrected chi connectivity index (χ1v) is 11.1. The Bertz CT molecular complexity index is 723. The van der Waals surface area contributed by atoms with Crippen molar-refractivity contribution in [3.05, 3.63) is 35.4 Å². The molecule has 0 heterocycles. The van der Waals surface area contributed by atoms with E-state index in [0.29, 0.717) is 6.54 Å². The van der Waals surface area contributed by atoms with Gasteiger partial charge in [0.25, 0.3) is 0 Å². The van der Waals surface area contributed by atoms with E-state index in [1.165, 1.54) is 0 Å². The van der Waals surface area contributed by atoms with E-state index in [0.717, 1.165) is 30.4 Å². The van der Waals surface area contributed by atoms with Crippen molar-refractivity contribution in [2.24, 2.45) is 0 Å². The summed E-state index contributed by atoms with van der Waals surface area (Å²) in [7, 11) is 0. The van der Waals surface area contributed by atoms with Crippen LogP contribution in [0.5, 0.6) is 0 Å². The molecule has 0 bridgehead atoms. The van der Waals surface area contributed by atoms with Crippen LogP contribution in [-0.4, -0.2) is 47.5 Å². The molecule has 7 heteroatoms. The van der Waals surface area contributed by atoms with Crippen LogP contribution in [0.15, 0.2) is 24.3 Å². The SMILES string of the molecule is CCCCCN(C(=O)CNC(=O)OC(C)(C)C)C(C(=O)NC(C)C)c1ccc(C)cc1. The highest BCUT2D eigenvalue weighted by atomic mass is 16.6. The molecule has 1 aromatic carbocycles. The molecule has 0 saturated carbocycles. The summed E-state index contributed by atoms with van der Waals surface area (Å²) in [5.41, 5.74) is 1.16. The normalized spacial score (nSPS) is 12.3. The van der Waals surface area contributed by atoms with Crippen molar-refractivity contribution >= 4 is 17.9 Å². The average molecular weight is 434 g/mol. The van der Waals surface area contributed by atoms with Crippen molar-refractivity contribution in [3.63, 3.8) is 0 Å². The van der Waals surface area contributed by atoms with Gasteiger partial charge in [-0.25, -0.2) is 4.79 Å². The van der Waals surface area contributed by atoms with Crippen LogP contribution < -0.4 is 10.6 Å². The van der Waals surface area contributed by atoms with Crippen LogP contribution in [0.3, 0.4) is 0 Å². The Morgan fingerprint density at radius 3 is 2.19 bits per heavy atom. The number of rotatable bonds is 10. The number of hydrogen-bond donors (Lipinski definition) is 2. The van der Waals surface area contributed by atoms with E-state index in [-0.39, 0.29) is 24.4 Å². The summed E-state index contributed by atoms with van der Waals surface area (Å²) in [6.45, 7) is 13.3. The molecule has 0 aromatic heterocycles. The van der Waals surface area contributed by atoms with Gasteiger partial charge in [-0.3, -0.25) is 9.59 Å². The van der Waals surface area contributed by atoms with Gasteiger partial charge < -0.3 is 20.3 Å². The minimum absolute atomic E-state index is 0.0621. The van der Waals surface area contributed by atoms with Crippen LogP contribution in [0.4, 0.5) is 4.79 Å². The molecule has 1 unspecified atom stereocenters. The smallest absolute Gasteiger partial charge is 0.408 e. The lowest BCUT2D eigenvalue weighted by atomic mass is 10.0. The van der Waals surface area contributed by atoms with Crippen LogP contribution in [0.1, 0.15) is 78.0 Å². The summed E-state index contributed by atoms with van der Waals surface area (Å²) in [4.78, 5) is 39.9. The number of carbonyl (C=O) groups is 3. The Morgan fingerprint density at radius 1 is 1.06 bits per heavy atom. The van der Waals surface area contributed by atoms with Crippen LogP contribution in [-0.2, 0) is 14.3 Å². The molecule has 0 saturated heterocycles. The fourth-order valence-electron chi connectivity index (χ4n) is 3.08. The average Bonchev–Trinajstić information content (AvgIpc) is 2.64.